The van der Waals surface area contributed by atoms with E-state index in [1.165, 1.54) is 51.4 Å². The standard InChI is InChI=1S/C16H30N2O2/c1-13(15(19)17-11-12-20-2)18-14-5-9-16(10-6-14)7-3-4-8-16/h13-14,18H,3-12H2,1-2H3,(H,17,19). The van der Waals surface area contributed by atoms with Crippen LogP contribution in [0.1, 0.15) is 58.3 Å². The molecule has 2 aliphatic rings. The first kappa shape index (κ1) is 15.8. The van der Waals surface area contributed by atoms with Gasteiger partial charge in [0.1, 0.15) is 0 Å². The molecule has 1 spiro atoms. The molecule has 20 heavy (non-hydrogen) atoms. The summed E-state index contributed by atoms with van der Waals surface area (Å²) in [5.41, 5.74) is 0.669. The molecule has 0 aromatic rings. The molecule has 2 fully saturated rings. The van der Waals surface area contributed by atoms with Crippen molar-refractivity contribution >= 4 is 5.91 Å². The second kappa shape index (κ2) is 7.41. The first-order valence-electron chi connectivity index (χ1n) is 8.18. The van der Waals surface area contributed by atoms with Gasteiger partial charge in [0, 0.05) is 19.7 Å². The molecule has 0 saturated heterocycles. The molecular weight excluding hydrogens is 252 g/mol. The number of amides is 1. The van der Waals surface area contributed by atoms with Crippen LogP contribution in [-0.2, 0) is 9.53 Å². The van der Waals surface area contributed by atoms with Crippen LogP contribution in [0.15, 0.2) is 0 Å². The number of carbonyl (C=O) groups is 1. The molecule has 2 aliphatic carbocycles. The van der Waals surface area contributed by atoms with Crippen LogP contribution < -0.4 is 10.6 Å². The zero-order valence-corrected chi connectivity index (χ0v) is 13.0. The van der Waals surface area contributed by atoms with Gasteiger partial charge < -0.3 is 15.4 Å². The number of carbonyl (C=O) groups excluding carboxylic acids is 1. The van der Waals surface area contributed by atoms with E-state index in [1.807, 2.05) is 6.92 Å². The third-order valence-corrected chi connectivity index (χ3v) is 5.19. The summed E-state index contributed by atoms with van der Waals surface area (Å²) in [4.78, 5) is 11.9. The Kier molecular flexibility index (Phi) is 5.85. The lowest BCUT2D eigenvalue weighted by Crippen LogP contribution is -2.48. The van der Waals surface area contributed by atoms with Crippen LogP contribution in [0.4, 0.5) is 0 Å². The summed E-state index contributed by atoms with van der Waals surface area (Å²) in [7, 11) is 1.65. The molecule has 1 unspecified atom stereocenters. The number of methoxy groups -OCH3 is 1. The highest BCUT2D eigenvalue weighted by atomic mass is 16.5. The Labute approximate surface area is 123 Å². The molecule has 4 heteroatoms. The molecule has 2 saturated carbocycles. The van der Waals surface area contributed by atoms with E-state index in [4.69, 9.17) is 4.74 Å². The van der Waals surface area contributed by atoms with Crippen molar-refractivity contribution in [3.63, 3.8) is 0 Å². The van der Waals surface area contributed by atoms with Crippen molar-refractivity contribution in [1.29, 1.82) is 0 Å². The molecule has 2 N–H and O–H groups in total. The van der Waals surface area contributed by atoms with E-state index >= 15 is 0 Å². The van der Waals surface area contributed by atoms with Crippen molar-refractivity contribution in [2.75, 3.05) is 20.3 Å². The summed E-state index contributed by atoms with van der Waals surface area (Å²) < 4.78 is 4.94. The Hall–Kier alpha value is -0.610. The Balaban J connectivity index is 1.67. The van der Waals surface area contributed by atoms with Crippen LogP contribution in [0.5, 0.6) is 0 Å². The molecule has 0 radical (unpaired) electrons. The SMILES string of the molecule is COCCNC(=O)C(C)NC1CCC2(CCCC2)CC1. The van der Waals surface area contributed by atoms with Gasteiger partial charge in [-0.2, -0.15) is 0 Å². The highest BCUT2D eigenvalue weighted by molar-refractivity contribution is 5.81. The largest absolute Gasteiger partial charge is 0.383 e. The maximum absolute atomic E-state index is 11.9. The quantitative estimate of drug-likeness (QED) is 0.735. The average Bonchev–Trinajstić information content (AvgIpc) is 2.90. The van der Waals surface area contributed by atoms with Gasteiger partial charge in [0.15, 0.2) is 0 Å². The summed E-state index contributed by atoms with van der Waals surface area (Å²) in [6.45, 7) is 3.13. The third-order valence-electron chi connectivity index (χ3n) is 5.19. The second-order valence-electron chi connectivity index (χ2n) is 6.65. The molecule has 0 bridgehead atoms. The van der Waals surface area contributed by atoms with Gasteiger partial charge in [-0.15, -0.1) is 0 Å². The fourth-order valence-corrected chi connectivity index (χ4v) is 3.88. The minimum Gasteiger partial charge on any atom is -0.383 e. The summed E-state index contributed by atoms with van der Waals surface area (Å²) in [6, 6.07) is 0.416. The van der Waals surface area contributed by atoms with Crippen molar-refractivity contribution in [3.8, 4) is 0 Å². The highest BCUT2D eigenvalue weighted by Gasteiger charge is 2.37. The maximum Gasteiger partial charge on any atom is 0.236 e. The predicted molar refractivity (Wildman–Crippen MR) is 80.6 cm³/mol. The lowest BCUT2D eigenvalue weighted by atomic mass is 9.71. The molecule has 4 nitrogen and oxygen atoms in total. The first-order valence-corrected chi connectivity index (χ1v) is 8.18. The van der Waals surface area contributed by atoms with Gasteiger partial charge in [-0.1, -0.05) is 12.8 Å². The fourth-order valence-electron chi connectivity index (χ4n) is 3.88. The Morgan fingerprint density at radius 1 is 1.25 bits per heavy atom. The van der Waals surface area contributed by atoms with Gasteiger partial charge in [0.25, 0.3) is 0 Å². The molecule has 1 atom stereocenters. The normalized spacial score (nSPS) is 23.9. The van der Waals surface area contributed by atoms with Gasteiger partial charge in [0.2, 0.25) is 5.91 Å². The van der Waals surface area contributed by atoms with Gasteiger partial charge in [-0.25, -0.2) is 0 Å². The molecule has 0 aliphatic heterocycles. The van der Waals surface area contributed by atoms with Crippen molar-refractivity contribution in [2.45, 2.75) is 70.4 Å². The van der Waals surface area contributed by atoms with Crippen LogP contribution in [0.2, 0.25) is 0 Å². The Bertz CT molecular complexity index is 304. The van der Waals surface area contributed by atoms with E-state index in [2.05, 4.69) is 10.6 Å². The van der Waals surface area contributed by atoms with Gasteiger partial charge in [0.05, 0.1) is 12.6 Å². The monoisotopic (exact) mass is 282 g/mol. The van der Waals surface area contributed by atoms with E-state index < -0.39 is 0 Å². The zero-order chi connectivity index (χ0) is 14.4. The Morgan fingerprint density at radius 3 is 2.50 bits per heavy atom. The number of hydrogen-bond acceptors (Lipinski definition) is 3. The van der Waals surface area contributed by atoms with E-state index in [1.54, 1.807) is 7.11 Å². The second-order valence-corrected chi connectivity index (χ2v) is 6.65. The van der Waals surface area contributed by atoms with Crippen LogP contribution in [-0.4, -0.2) is 38.3 Å². The maximum atomic E-state index is 11.9. The molecule has 116 valence electrons. The fraction of sp³-hybridized carbons (Fsp3) is 0.938. The molecular formula is C16H30N2O2. The summed E-state index contributed by atoms with van der Waals surface area (Å²) in [6.07, 6.45) is 10.9. The highest BCUT2D eigenvalue weighted by Crippen LogP contribution is 2.48. The van der Waals surface area contributed by atoms with Crippen LogP contribution >= 0.6 is 0 Å². The number of ether oxygens (including phenoxy) is 1. The van der Waals surface area contributed by atoms with Gasteiger partial charge >= 0.3 is 0 Å². The van der Waals surface area contributed by atoms with Crippen LogP contribution in [0.25, 0.3) is 0 Å². The lowest BCUT2D eigenvalue weighted by molar-refractivity contribution is -0.123. The van der Waals surface area contributed by atoms with Crippen molar-refractivity contribution in [3.05, 3.63) is 0 Å². The minimum atomic E-state index is -0.102. The smallest absolute Gasteiger partial charge is 0.236 e. The summed E-state index contributed by atoms with van der Waals surface area (Å²) in [5.74, 6) is 0.0863. The number of hydrogen-bond donors (Lipinski definition) is 2. The van der Waals surface area contributed by atoms with E-state index in [-0.39, 0.29) is 11.9 Å². The summed E-state index contributed by atoms with van der Waals surface area (Å²) in [5, 5.41) is 6.39. The predicted octanol–water partition coefficient (Wildman–Crippen LogP) is 2.23. The number of rotatable bonds is 6. The molecule has 0 heterocycles. The van der Waals surface area contributed by atoms with Gasteiger partial charge in [-0.3, -0.25) is 4.79 Å². The zero-order valence-electron chi connectivity index (χ0n) is 13.0. The van der Waals surface area contributed by atoms with E-state index in [9.17, 15) is 4.79 Å². The molecule has 2 rings (SSSR count). The van der Waals surface area contributed by atoms with E-state index in [0.29, 0.717) is 24.6 Å². The third kappa shape index (κ3) is 4.19. The van der Waals surface area contributed by atoms with Gasteiger partial charge in [-0.05, 0) is 50.9 Å². The average molecular weight is 282 g/mol. The number of nitrogens with one attached hydrogen (secondary N) is 2. The first-order chi connectivity index (χ1) is 9.65. The molecule has 0 aromatic carbocycles. The van der Waals surface area contributed by atoms with Crippen LogP contribution in [0, 0.1) is 5.41 Å². The van der Waals surface area contributed by atoms with Crippen molar-refractivity contribution < 1.29 is 9.53 Å². The van der Waals surface area contributed by atoms with E-state index in [0.717, 1.165) is 0 Å². The van der Waals surface area contributed by atoms with Crippen LogP contribution in [0.3, 0.4) is 0 Å². The van der Waals surface area contributed by atoms with Crippen molar-refractivity contribution in [2.24, 2.45) is 5.41 Å². The summed E-state index contributed by atoms with van der Waals surface area (Å²) >= 11 is 0. The lowest BCUT2D eigenvalue weighted by Gasteiger charge is -2.38. The molecule has 1 amide bonds. The van der Waals surface area contributed by atoms with Crippen molar-refractivity contribution in [1.82, 2.24) is 10.6 Å². The molecule has 0 aromatic heterocycles. The topological polar surface area (TPSA) is 50.4 Å². The Morgan fingerprint density at radius 2 is 1.90 bits per heavy atom. The minimum absolute atomic E-state index is 0.0863.